The second-order valence-corrected chi connectivity index (χ2v) is 7.54. The number of hydrogen-bond donors (Lipinski definition) is 1. The van der Waals surface area contributed by atoms with Gasteiger partial charge in [0.1, 0.15) is 11.5 Å². The maximum atomic E-state index is 13.8. The molecule has 2 heterocycles. The first-order chi connectivity index (χ1) is 15.2. The molecule has 0 saturated carbocycles. The molecule has 3 aromatic carbocycles. The van der Waals surface area contributed by atoms with Crippen molar-refractivity contribution in [3.8, 4) is 17.1 Å². The van der Waals surface area contributed by atoms with Gasteiger partial charge in [0, 0.05) is 19.0 Å². The number of hydrogen-bond acceptors (Lipinski definition) is 2. The number of aromatic nitrogens is 3. The molecule has 2 aliphatic rings. The third-order valence-electron chi connectivity index (χ3n) is 5.32. The summed E-state index contributed by atoms with van der Waals surface area (Å²) < 4.78 is 15.4. The number of imidazole rings is 1. The molecule has 0 aliphatic carbocycles. The molecule has 2 aliphatic heterocycles. The Kier molecular flexibility index (Phi) is 4.92. The van der Waals surface area contributed by atoms with E-state index >= 15 is 0 Å². The molecule has 0 spiro atoms. The van der Waals surface area contributed by atoms with Gasteiger partial charge in [0.25, 0.3) is 5.56 Å². The van der Waals surface area contributed by atoms with E-state index in [9.17, 15) is 9.18 Å². The number of fused-ring (bicyclic) bond motifs is 1. The quantitative estimate of drug-likeness (QED) is 0.445. The minimum absolute atomic E-state index is 0.134. The molecule has 5 heteroatoms. The van der Waals surface area contributed by atoms with Gasteiger partial charge in [-0.15, -0.1) is 0 Å². The molecule has 1 N–H and O–H groups in total. The van der Waals surface area contributed by atoms with Crippen molar-refractivity contribution in [1.82, 2.24) is 14.5 Å². The van der Waals surface area contributed by atoms with Crippen molar-refractivity contribution >= 4 is 0 Å². The molecule has 0 amide bonds. The highest BCUT2D eigenvalue weighted by Gasteiger charge is 2.20. The smallest absolute Gasteiger partial charge is 0.278 e. The van der Waals surface area contributed by atoms with Gasteiger partial charge in [-0.05, 0) is 28.8 Å². The summed E-state index contributed by atoms with van der Waals surface area (Å²) in [7, 11) is 0. The Morgan fingerprint density at radius 2 is 1.55 bits per heavy atom. The van der Waals surface area contributed by atoms with Crippen LogP contribution >= 0.6 is 0 Å². The van der Waals surface area contributed by atoms with E-state index in [0.717, 1.165) is 28.1 Å². The van der Waals surface area contributed by atoms with Crippen molar-refractivity contribution < 1.29 is 4.39 Å². The highest BCUT2D eigenvalue weighted by atomic mass is 19.1. The van der Waals surface area contributed by atoms with Crippen LogP contribution in [0.3, 0.4) is 0 Å². The van der Waals surface area contributed by atoms with Gasteiger partial charge < -0.3 is 4.98 Å². The molecule has 0 saturated heterocycles. The van der Waals surface area contributed by atoms with Gasteiger partial charge in [-0.1, -0.05) is 72.8 Å². The second-order valence-electron chi connectivity index (χ2n) is 7.54. The van der Waals surface area contributed by atoms with Crippen LogP contribution in [0.2, 0.25) is 0 Å². The SMILES string of the molecule is O=c1c(Cc2ccccc2)nc2c(Cc3cccc(F)c3)[nH]c(-c3ccccc3)cn1-2. The van der Waals surface area contributed by atoms with Gasteiger partial charge in [-0.25, -0.2) is 9.37 Å². The third-order valence-corrected chi connectivity index (χ3v) is 5.32. The topological polar surface area (TPSA) is 50.7 Å². The van der Waals surface area contributed by atoms with Crippen molar-refractivity contribution in [1.29, 1.82) is 0 Å². The zero-order valence-corrected chi connectivity index (χ0v) is 16.8. The summed E-state index contributed by atoms with van der Waals surface area (Å²) in [6.07, 6.45) is 2.69. The Balaban J connectivity index is 1.65. The third kappa shape index (κ3) is 3.90. The molecule has 152 valence electrons. The molecule has 0 unspecified atom stereocenters. The molecule has 5 rings (SSSR count). The zero-order chi connectivity index (χ0) is 21.2. The summed E-state index contributed by atoms with van der Waals surface area (Å²) in [4.78, 5) is 21.3. The fourth-order valence-electron chi connectivity index (χ4n) is 3.82. The minimum Gasteiger partial charge on any atom is -0.354 e. The van der Waals surface area contributed by atoms with Crippen LogP contribution in [-0.2, 0) is 12.8 Å². The van der Waals surface area contributed by atoms with E-state index in [0.29, 0.717) is 24.4 Å². The predicted molar refractivity (Wildman–Crippen MR) is 119 cm³/mol. The van der Waals surface area contributed by atoms with E-state index in [1.54, 1.807) is 16.8 Å². The number of H-pyrrole nitrogens is 1. The minimum atomic E-state index is -0.287. The van der Waals surface area contributed by atoms with E-state index < -0.39 is 0 Å². The molecule has 0 atom stereocenters. The molecule has 0 radical (unpaired) electrons. The monoisotopic (exact) mass is 409 g/mol. The number of halogens is 1. The summed E-state index contributed by atoms with van der Waals surface area (Å²) in [5.41, 5.74) is 4.73. The lowest BCUT2D eigenvalue weighted by atomic mass is 10.1. The highest BCUT2D eigenvalue weighted by molar-refractivity contribution is 5.60. The lowest BCUT2D eigenvalue weighted by molar-refractivity contribution is 0.626. The maximum Gasteiger partial charge on any atom is 0.278 e. The highest BCUT2D eigenvalue weighted by Crippen LogP contribution is 2.23. The number of nitrogens with one attached hydrogen (secondary N) is 1. The Morgan fingerprint density at radius 3 is 2.29 bits per heavy atom. The largest absolute Gasteiger partial charge is 0.354 e. The Labute approximate surface area is 179 Å². The van der Waals surface area contributed by atoms with Crippen LogP contribution in [0.4, 0.5) is 4.39 Å². The first kappa shape index (κ1) is 19.0. The molecule has 0 fully saturated rings. The van der Waals surface area contributed by atoms with E-state index in [2.05, 4.69) is 9.97 Å². The lowest BCUT2D eigenvalue weighted by Gasteiger charge is -2.13. The van der Waals surface area contributed by atoms with Crippen molar-refractivity contribution in [2.75, 3.05) is 0 Å². The Bertz CT molecular complexity index is 1360. The van der Waals surface area contributed by atoms with Crippen molar-refractivity contribution in [3.63, 3.8) is 0 Å². The average Bonchev–Trinajstić information content (AvgIpc) is 3.11. The molecule has 0 bridgehead atoms. The molecule has 4 nitrogen and oxygen atoms in total. The normalized spacial score (nSPS) is 11.1. The fourth-order valence-corrected chi connectivity index (χ4v) is 3.82. The van der Waals surface area contributed by atoms with Crippen LogP contribution in [0.5, 0.6) is 0 Å². The van der Waals surface area contributed by atoms with Crippen LogP contribution in [0.25, 0.3) is 17.1 Å². The summed E-state index contributed by atoms with van der Waals surface area (Å²) >= 11 is 0. The molecular weight excluding hydrogens is 389 g/mol. The first-order valence-electron chi connectivity index (χ1n) is 10.1. The average molecular weight is 409 g/mol. The number of benzene rings is 3. The molecule has 3 aromatic rings. The van der Waals surface area contributed by atoms with Gasteiger partial charge in [0.2, 0.25) is 0 Å². The predicted octanol–water partition coefficient (Wildman–Crippen LogP) is 4.99. The van der Waals surface area contributed by atoms with Gasteiger partial charge >= 0.3 is 0 Å². The maximum absolute atomic E-state index is 13.8. The van der Waals surface area contributed by atoms with E-state index in [1.165, 1.54) is 12.1 Å². The first-order valence-corrected chi connectivity index (χ1v) is 10.1. The van der Waals surface area contributed by atoms with Crippen LogP contribution in [0, 0.1) is 5.82 Å². The number of aromatic amines is 1. The van der Waals surface area contributed by atoms with E-state index in [-0.39, 0.29) is 11.4 Å². The Hall–Kier alpha value is -3.99. The van der Waals surface area contributed by atoms with Gasteiger partial charge in [0.15, 0.2) is 5.82 Å². The van der Waals surface area contributed by atoms with Gasteiger partial charge in [-0.2, -0.15) is 0 Å². The molecule has 0 aromatic heterocycles. The van der Waals surface area contributed by atoms with Gasteiger partial charge in [0.05, 0.1) is 11.4 Å². The standard InChI is InChI=1S/C26H20FN3O/c27-21-13-7-10-19(14-21)16-22-25-29-23(15-18-8-3-1-4-9-18)26(31)30(25)17-24(28-22)20-11-5-2-6-12-20/h1-14,17,28H,15-16H2. The van der Waals surface area contributed by atoms with Gasteiger partial charge in [-0.3, -0.25) is 9.36 Å². The van der Waals surface area contributed by atoms with E-state index in [4.69, 9.17) is 0 Å². The summed E-state index contributed by atoms with van der Waals surface area (Å²) in [5, 5.41) is 0. The number of rotatable bonds is 5. The Morgan fingerprint density at radius 1 is 0.839 bits per heavy atom. The summed E-state index contributed by atoms with van der Waals surface area (Å²) in [6, 6.07) is 26.1. The number of nitrogens with zero attached hydrogens (tertiary/aromatic N) is 2. The van der Waals surface area contributed by atoms with Crippen molar-refractivity contribution in [2.45, 2.75) is 12.8 Å². The van der Waals surface area contributed by atoms with Crippen molar-refractivity contribution in [3.05, 3.63) is 130 Å². The van der Waals surface area contributed by atoms with Crippen LogP contribution in [-0.4, -0.2) is 14.5 Å². The van der Waals surface area contributed by atoms with Crippen LogP contribution < -0.4 is 5.56 Å². The zero-order valence-electron chi connectivity index (χ0n) is 16.8. The molecule has 31 heavy (non-hydrogen) atoms. The lowest BCUT2D eigenvalue weighted by Crippen LogP contribution is -2.17. The van der Waals surface area contributed by atoms with E-state index in [1.807, 2.05) is 66.7 Å². The van der Waals surface area contributed by atoms with Crippen molar-refractivity contribution in [2.24, 2.45) is 0 Å². The second kappa shape index (κ2) is 8.03. The van der Waals surface area contributed by atoms with Crippen LogP contribution in [0.1, 0.15) is 22.5 Å². The fraction of sp³-hybridized carbons (Fsp3) is 0.0769. The summed E-state index contributed by atoms with van der Waals surface area (Å²) in [5.74, 6) is 0.283. The summed E-state index contributed by atoms with van der Waals surface area (Å²) in [6.45, 7) is 0. The van der Waals surface area contributed by atoms with Crippen LogP contribution in [0.15, 0.2) is 95.9 Å². The molecular formula is C26H20FN3O.